The number of halogens is 4. The van der Waals surface area contributed by atoms with Crippen LogP contribution in [0.2, 0.25) is 0 Å². The summed E-state index contributed by atoms with van der Waals surface area (Å²) in [7, 11) is 0. The Morgan fingerprint density at radius 2 is 1.82 bits per heavy atom. The van der Waals surface area contributed by atoms with Gasteiger partial charge in [-0.05, 0) is 18.2 Å². The summed E-state index contributed by atoms with van der Waals surface area (Å²) in [5.74, 6) is 0. The third kappa shape index (κ3) is 2.31. The van der Waals surface area contributed by atoms with Crippen LogP contribution in [0.4, 0.5) is 13.2 Å². The summed E-state index contributed by atoms with van der Waals surface area (Å²) < 4.78 is 37.8. The second-order valence-corrected chi connectivity index (χ2v) is 4.37. The van der Waals surface area contributed by atoms with Crippen LogP contribution in [-0.4, -0.2) is 15.2 Å². The molecule has 0 amide bonds. The molecule has 0 aliphatic heterocycles. The summed E-state index contributed by atoms with van der Waals surface area (Å²) in [6, 6.07) is 3.25. The molecule has 1 heterocycles. The van der Waals surface area contributed by atoms with Crippen molar-refractivity contribution in [3.05, 3.63) is 33.9 Å². The standard InChI is InChI=1S/C10H7BrF3NO2/c11-6-1-4(10(12,13)14)2-7-5(6)3-8(15-7)9(16)17/h1-3,9,15-17H. The van der Waals surface area contributed by atoms with E-state index in [1.807, 2.05) is 0 Å². The maximum absolute atomic E-state index is 12.5. The molecule has 0 bridgehead atoms. The highest BCUT2D eigenvalue weighted by Gasteiger charge is 2.31. The van der Waals surface area contributed by atoms with Gasteiger partial charge in [0.05, 0.1) is 11.3 Å². The molecule has 0 aliphatic rings. The van der Waals surface area contributed by atoms with Gasteiger partial charge in [-0.1, -0.05) is 15.9 Å². The average Bonchev–Trinajstić information content (AvgIpc) is 2.60. The van der Waals surface area contributed by atoms with E-state index in [-0.39, 0.29) is 15.7 Å². The monoisotopic (exact) mass is 309 g/mol. The van der Waals surface area contributed by atoms with Crippen LogP contribution < -0.4 is 0 Å². The van der Waals surface area contributed by atoms with Gasteiger partial charge in [0.2, 0.25) is 0 Å². The average molecular weight is 310 g/mol. The number of aliphatic hydroxyl groups excluding tert-OH is 1. The van der Waals surface area contributed by atoms with Crippen molar-refractivity contribution in [2.75, 3.05) is 0 Å². The molecule has 0 aliphatic carbocycles. The van der Waals surface area contributed by atoms with Gasteiger partial charge in [0.25, 0.3) is 0 Å². The zero-order valence-corrected chi connectivity index (χ0v) is 9.80. The maximum atomic E-state index is 12.5. The highest BCUT2D eigenvalue weighted by Crippen LogP contribution is 2.35. The Labute approximate surface area is 102 Å². The van der Waals surface area contributed by atoms with Crippen LogP contribution in [0.5, 0.6) is 0 Å². The van der Waals surface area contributed by atoms with Gasteiger partial charge in [0.15, 0.2) is 6.29 Å². The normalized spacial score (nSPS) is 12.6. The van der Waals surface area contributed by atoms with Gasteiger partial charge in [-0.2, -0.15) is 13.2 Å². The fourth-order valence-electron chi connectivity index (χ4n) is 1.52. The van der Waals surface area contributed by atoms with E-state index in [0.717, 1.165) is 12.1 Å². The highest BCUT2D eigenvalue weighted by molar-refractivity contribution is 9.10. The summed E-state index contributed by atoms with van der Waals surface area (Å²) in [6.07, 6.45) is -6.19. The molecule has 3 nitrogen and oxygen atoms in total. The molecule has 2 aromatic rings. The zero-order chi connectivity index (χ0) is 12.8. The van der Waals surface area contributed by atoms with Crippen LogP contribution in [0.15, 0.2) is 22.7 Å². The first-order chi connectivity index (χ1) is 7.79. The predicted octanol–water partition coefficient (Wildman–Crippen LogP) is 2.93. The molecule has 0 spiro atoms. The first-order valence-corrected chi connectivity index (χ1v) is 5.34. The molecule has 0 saturated heterocycles. The Kier molecular flexibility index (Phi) is 2.92. The maximum Gasteiger partial charge on any atom is 0.416 e. The number of hydrogen-bond donors (Lipinski definition) is 3. The molecule has 0 atom stereocenters. The lowest BCUT2D eigenvalue weighted by Gasteiger charge is -2.07. The van der Waals surface area contributed by atoms with Gasteiger partial charge in [0, 0.05) is 15.4 Å². The van der Waals surface area contributed by atoms with Gasteiger partial charge >= 0.3 is 6.18 Å². The lowest BCUT2D eigenvalue weighted by Crippen LogP contribution is -2.04. The van der Waals surface area contributed by atoms with Gasteiger partial charge in [-0.3, -0.25) is 0 Å². The molecule has 0 radical (unpaired) electrons. The van der Waals surface area contributed by atoms with Gasteiger partial charge in [0.1, 0.15) is 0 Å². The van der Waals surface area contributed by atoms with Crippen LogP contribution in [0.25, 0.3) is 10.9 Å². The summed E-state index contributed by atoms with van der Waals surface area (Å²) in [4.78, 5) is 2.52. The van der Waals surface area contributed by atoms with Crippen molar-refractivity contribution in [2.24, 2.45) is 0 Å². The van der Waals surface area contributed by atoms with Crippen molar-refractivity contribution in [3.8, 4) is 0 Å². The molecule has 2 rings (SSSR count). The lowest BCUT2D eigenvalue weighted by molar-refractivity contribution is -0.137. The number of benzene rings is 1. The smallest absolute Gasteiger partial charge is 0.363 e. The van der Waals surface area contributed by atoms with Crippen LogP contribution >= 0.6 is 15.9 Å². The predicted molar refractivity (Wildman–Crippen MR) is 58.2 cm³/mol. The van der Waals surface area contributed by atoms with E-state index in [1.54, 1.807) is 0 Å². The minimum atomic E-state index is -4.44. The minimum absolute atomic E-state index is 0.0417. The highest BCUT2D eigenvalue weighted by atomic mass is 79.9. The molecule has 92 valence electrons. The van der Waals surface area contributed by atoms with Crippen molar-refractivity contribution < 1.29 is 23.4 Å². The van der Waals surface area contributed by atoms with Crippen molar-refractivity contribution in [2.45, 2.75) is 12.5 Å². The van der Waals surface area contributed by atoms with E-state index in [2.05, 4.69) is 20.9 Å². The third-order valence-electron chi connectivity index (χ3n) is 2.31. The number of rotatable bonds is 1. The first-order valence-electron chi connectivity index (χ1n) is 4.54. The van der Waals surface area contributed by atoms with E-state index in [9.17, 15) is 13.2 Å². The summed E-state index contributed by atoms with van der Waals surface area (Å²) >= 11 is 3.02. The largest absolute Gasteiger partial charge is 0.416 e. The quantitative estimate of drug-likeness (QED) is 0.709. The summed E-state index contributed by atoms with van der Waals surface area (Å²) in [5, 5.41) is 18.3. The Bertz CT molecular complexity index is 562. The Morgan fingerprint density at radius 1 is 1.18 bits per heavy atom. The number of fused-ring (bicyclic) bond motifs is 1. The number of aliphatic hydroxyl groups is 2. The molecule has 1 aromatic heterocycles. The van der Waals surface area contributed by atoms with E-state index in [1.165, 1.54) is 6.07 Å². The summed E-state index contributed by atoms with van der Waals surface area (Å²) in [5.41, 5.74) is -0.576. The molecule has 0 unspecified atom stereocenters. The number of aromatic nitrogens is 1. The molecular formula is C10H7BrF3NO2. The Hall–Kier alpha value is -1.05. The SMILES string of the molecule is OC(O)c1cc2c(Br)cc(C(F)(F)F)cc2[nH]1. The van der Waals surface area contributed by atoms with Crippen LogP contribution in [0.3, 0.4) is 0 Å². The van der Waals surface area contributed by atoms with E-state index in [4.69, 9.17) is 10.2 Å². The Balaban J connectivity index is 2.65. The number of hydrogen-bond acceptors (Lipinski definition) is 2. The second-order valence-electron chi connectivity index (χ2n) is 3.52. The van der Waals surface area contributed by atoms with Crippen molar-refractivity contribution in [3.63, 3.8) is 0 Å². The third-order valence-corrected chi connectivity index (χ3v) is 2.97. The lowest BCUT2D eigenvalue weighted by atomic mass is 10.1. The Morgan fingerprint density at radius 3 is 2.35 bits per heavy atom. The van der Waals surface area contributed by atoms with Gasteiger partial charge in [-0.25, -0.2) is 0 Å². The molecule has 0 saturated carbocycles. The van der Waals surface area contributed by atoms with E-state index in [0.29, 0.717) is 5.39 Å². The first kappa shape index (κ1) is 12.4. The molecule has 0 fully saturated rings. The van der Waals surface area contributed by atoms with Crippen molar-refractivity contribution in [1.82, 2.24) is 4.98 Å². The summed E-state index contributed by atoms with van der Waals surface area (Å²) in [6.45, 7) is 0. The van der Waals surface area contributed by atoms with Crippen LogP contribution in [0.1, 0.15) is 17.5 Å². The van der Waals surface area contributed by atoms with Gasteiger partial charge < -0.3 is 15.2 Å². The molecular weight excluding hydrogens is 303 g/mol. The van der Waals surface area contributed by atoms with Crippen molar-refractivity contribution in [1.29, 1.82) is 0 Å². The molecule has 17 heavy (non-hydrogen) atoms. The number of H-pyrrole nitrogens is 1. The van der Waals surface area contributed by atoms with Crippen LogP contribution in [-0.2, 0) is 6.18 Å². The van der Waals surface area contributed by atoms with E-state index >= 15 is 0 Å². The van der Waals surface area contributed by atoms with Crippen LogP contribution in [0, 0.1) is 0 Å². The van der Waals surface area contributed by atoms with Gasteiger partial charge in [-0.15, -0.1) is 0 Å². The fraction of sp³-hybridized carbons (Fsp3) is 0.200. The van der Waals surface area contributed by atoms with Crippen molar-refractivity contribution >= 4 is 26.8 Å². The fourth-order valence-corrected chi connectivity index (χ4v) is 2.09. The zero-order valence-electron chi connectivity index (χ0n) is 8.22. The topological polar surface area (TPSA) is 56.2 Å². The second kappa shape index (κ2) is 4.01. The minimum Gasteiger partial charge on any atom is -0.363 e. The number of nitrogens with one attached hydrogen (secondary N) is 1. The number of alkyl halides is 3. The molecule has 1 aromatic carbocycles. The van der Waals surface area contributed by atoms with E-state index < -0.39 is 18.0 Å². The molecule has 7 heteroatoms. The number of aromatic amines is 1. The molecule has 3 N–H and O–H groups in total.